The second-order valence-electron chi connectivity index (χ2n) is 7.65. The Morgan fingerprint density at radius 1 is 1.24 bits per heavy atom. The molecule has 0 bridgehead atoms. The maximum absolute atomic E-state index is 13.8. The van der Waals surface area contributed by atoms with E-state index in [9.17, 15) is 14.0 Å². The number of nitrogens with one attached hydrogen (secondary N) is 1. The van der Waals surface area contributed by atoms with E-state index in [1.54, 1.807) is 37.3 Å². The zero-order valence-corrected chi connectivity index (χ0v) is 16.6. The lowest BCUT2D eigenvalue weighted by atomic mass is 9.87. The first-order chi connectivity index (χ1) is 13.8. The highest BCUT2D eigenvalue weighted by atomic mass is 19.1. The van der Waals surface area contributed by atoms with Crippen molar-refractivity contribution in [1.29, 1.82) is 0 Å². The summed E-state index contributed by atoms with van der Waals surface area (Å²) >= 11 is 0. The van der Waals surface area contributed by atoms with Crippen molar-refractivity contribution in [3.63, 3.8) is 0 Å². The van der Waals surface area contributed by atoms with Gasteiger partial charge in [0.25, 0.3) is 5.91 Å². The Balaban J connectivity index is 1.68. The van der Waals surface area contributed by atoms with Crippen molar-refractivity contribution in [2.75, 3.05) is 0 Å². The molecule has 2 heterocycles. The molecule has 0 spiro atoms. The normalized spacial score (nSPS) is 18.4. The number of carbonyl (C=O) groups is 2. The predicted molar refractivity (Wildman–Crippen MR) is 107 cm³/mol. The average molecular weight is 395 g/mol. The Bertz CT molecular complexity index is 1130. The van der Waals surface area contributed by atoms with E-state index < -0.39 is 11.5 Å². The highest BCUT2D eigenvalue weighted by Gasteiger charge is 2.37. The molecule has 0 aliphatic carbocycles. The molecular formula is C23H22FNO4. The summed E-state index contributed by atoms with van der Waals surface area (Å²) in [5.41, 5.74) is 1.33. The Morgan fingerprint density at radius 3 is 2.72 bits per heavy atom. The highest BCUT2D eigenvalue weighted by molar-refractivity contribution is 6.13. The molecule has 2 aromatic carbocycles. The smallest absolute Gasteiger partial charge is 0.287 e. The number of aryl methyl sites for hydroxylation is 1. The van der Waals surface area contributed by atoms with Crippen LogP contribution in [0.1, 0.15) is 58.7 Å². The van der Waals surface area contributed by atoms with Gasteiger partial charge in [0.05, 0.1) is 12.0 Å². The number of hydrogen-bond donors (Lipinski definition) is 1. The van der Waals surface area contributed by atoms with E-state index in [1.165, 1.54) is 6.07 Å². The van der Waals surface area contributed by atoms with Gasteiger partial charge in [-0.1, -0.05) is 25.1 Å². The van der Waals surface area contributed by atoms with E-state index in [1.807, 2.05) is 13.8 Å². The largest absolute Gasteiger partial charge is 0.486 e. The van der Waals surface area contributed by atoms with Gasteiger partial charge >= 0.3 is 0 Å². The number of ether oxygens (including phenoxy) is 1. The molecule has 0 saturated heterocycles. The molecule has 1 amide bonds. The molecule has 1 atom stereocenters. The van der Waals surface area contributed by atoms with Gasteiger partial charge in [-0.05, 0) is 38.5 Å². The minimum absolute atomic E-state index is 0.0246. The fourth-order valence-electron chi connectivity index (χ4n) is 3.72. The molecule has 0 fully saturated rings. The Hall–Kier alpha value is -3.15. The lowest BCUT2D eigenvalue weighted by Gasteiger charge is -2.34. The molecule has 1 N–H and O–H groups in total. The molecule has 4 rings (SSSR count). The molecule has 150 valence electrons. The number of furan rings is 1. The number of rotatable bonds is 4. The summed E-state index contributed by atoms with van der Waals surface area (Å²) in [5.74, 6) is -0.242. The zero-order chi connectivity index (χ0) is 20.8. The van der Waals surface area contributed by atoms with Gasteiger partial charge in [0.2, 0.25) is 0 Å². The third-order valence-corrected chi connectivity index (χ3v) is 5.58. The molecule has 1 aromatic heterocycles. The van der Waals surface area contributed by atoms with E-state index in [0.29, 0.717) is 39.8 Å². The van der Waals surface area contributed by atoms with Crippen LogP contribution in [-0.4, -0.2) is 17.3 Å². The number of Topliss-reactive ketones (excluding diaryl/α,β-unsaturated/α-hetero) is 1. The Labute approximate surface area is 167 Å². The molecule has 1 aliphatic heterocycles. The van der Waals surface area contributed by atoms with E-state index in [4.69, 9.17) is 9.15 Å². The maximum Gasteiger partial charge on any atom is 0.287 e. The molecule has 5 nitrogen and oxygen atoms in total. The Morgan fingerprint density at radius 2 is 2.00 bits per heavy atom. The first-order valence-electron chi connectivity index (χ1n) is 9.63. The van der Waals surface area contributed by atoms with Gasteiger partial charge in [-0.25, -0.2) is 4.39 Å². The number of amides is 1. The van der Waals surface area contributed by atoms with Crippen molar-refractivity contribution in [3.05, 3.63) is 64.7 Å². The quantitative estimate of drug-likeness (QED) is 0.679. The Kier molecular flexibility index (Phi) is 4.65. The van der Waals surface area contributed by atoms with Crippen LogP contribution >= 0.6 is 0 Å². The van der Waals surface area contributed by atoms with Gasteiger partial charge in [-0.3, -0.25) is 9.59 Å². The summed E-state index contributed by atoms with van der Waals surface area (Å²) in [7, 11) is 0. The van der Waals surface area contributed by atoms with Gasteiger partial charge in [0.15, 0.2) is 11.5 Å². The molecule has 1 aliphatic rings. The number of fused-ring (bicyclic) bond motifs is 3. The first-order valence-corrected chi connectivity index (χ1v) is 9.63. The summed E-state index contributed by atoms with van der Waals surface area (Å²) in [6.07, 6.45) is 0.985. The minimum Gasteiger partial charge on any atom is -0.486 e. The fourth-order valence-corrected chi connectivity index (χ4v) is 3.72. The van der Waals surface area contributed by atoms with Crippen LogP contribution in [-0.2, 0) is 6.54 Å². The van der Waals surface area contributed by atoms with E-state index in [-0.39, 0.29) is 30.3 Å². The molecule has 6 heteroatoms. The summed E-state index contributed by atoms with van der Waals surface area (Å²) in [6.45, 7) is 5.68. The second kappa shape index (κ2) is 7.03. The van der Waals surface area contributed by atoms with Crippen LogP contribution in [0.2, 0.25) is 0 Å². The minimum atomic E-state index is -0.532. The van der Waals surface area contributed by atoms with Crippen molar-refractivity contribution in [1.82, 2.24) is 5.32 Å². The average Bonchev–Trinajstić information content (AvgIpc) is 3.03. The van der Waals surface area contributed by atoms with Crippen molar-refractivity contribution >= 4 is 22.7 Å². The summed E-state index contributed by atoms with van der Waals surface area (Å²) < 4.78 is 25.6. The van der Waals surface area contributed by atoms with Crippen LogP contribution in [0.15, 0.2) is 40.8 Å². The number of halogens is 1. The van der Waals surface area contributed by atoms with E-state index in [0.717, 1.165) is 0 Å². The van der Waals surface area contributed by atoms with Crippen LogP contribution in [0, 0.1) is 12.7 Å². The monoisotopic (exact) mass is 395 g/mol. The van der Waals surface area contributed by atoms with Gasteiger partial charge in [0.1, 0.15) is 22.8 Å². The van der Waals surface area contributed by atoms with Gasteiger partial charge in [0, 0.05) is 23.1 Å². The molecule has 0 saturated carbocycles. The first kappa shape index (κ1) is 19.2. The molecule has 29 heavy (non-hydrogen) atoms. The number of benzene rings is 2. The summed E-state index contributed by atoms with van der Waals surface area (Å²) in [6, 6.07) is 9.68. The standard InChI is InChI=1S/C23H22FNO4/c1-4-23(3)11-16(26)20-18(29-23)10-9-17-19(20)13(2)21(28-17)22(27)25-12-14-7-5-6-8-15(14)24/h5-10H,4,11-12H2,1-3H3,(H,25,27)/t23-/m0/s1. The SMILES string of the molecule is CC[C@@]1(C)CC(=O)c2c(ccc3oc(C(=O)NCc4ccccc4F)c(C)c23)O1. The number of carbonyl (C=O) groups excluding carboxylic acids is 2. The number of hydrogen-bond acceptors (Lipinski definition) is 4. The molecule has 0 unspecified atom stereocenters. The van der Waals surface area contributed by atoms with E-state index in [2.05, 4.69) is 5.32 Å². The van der Waals surface area contributed by atoms with Crippen LogP contribution in [0.5, 0.6) is 5.75 Å². The van der Waals surface area contributed by atoms with Crippen molar-refractivity contribution in [3.8, 4) is 5.75 Å². The van der Waals surface area contributed by atoms with E-state index >= 15 is 0 Å². The molecule has 0 radical (unpaired) electrons. The van der Waals surface area contributed by atoms with Crippen molar-refractivity contribution in [2.24, 2.45) is 0 Å². The lowest BCUT2D eigenvalue weighted by molar-refractivity contribution is 0.0503. The van der Waals surface area contributed by atoms with Crippen LogP contribution < -0.4 is 10.1 Å². The third kappa shape index (κ3) is 3.28. The maximum atomic E-state index is 13.8. The van der Waals surface area contributed by atoms with Crippen molar-refractivity contribution < 1.29 is 23.1 Å². The molecular weight excluding hydrogens is 373 g/mol. The lowest BCUT2D eigenvalue weighted by Crippen LogP contribution is -2.38. The topological polar surface area (TPSA) is 68.5 Å². The van der Waals surface area contributed by atoms with Gasteiger partial charge in [-0.15, -0.1) is 0 Å². The summed E-state index contributed by atoms with van der Waals surface area (Å²) in [5, 5.41) is 3.28. The molecule has 3 aromatic rings. The predicted octanol–water partition coefficient (Wildman–Crippen LogP) is 4.94. The highest BCUT2D eigenvalue weighted by Crippen LogP contribution is 2.41. The number of ketones is 1. The van der Waals surface area contributed by atoms with Crippen molar-refractivity contribution in [2.45, 2.75) is 45.8 Å². The van der Waals surface area contributed by atoms with Gasteiger partial charge in [-0.2, -0.15) is 0 Å². The van der Waals surface area contributed by atoms with Crippen LogP contribution in [0.25, 0.3) is 11.0 Å². The fraction of sp³-hybridized carbons (Fsp3) is 0.304. The van der Waals surface area contributed by atoms with Crippen LogP contribution in [0.3, 0.4) is 0 Å². The third-order valence-electron chi connectivity index (χ3n) is 5.58. The zero-order valence-electron chi connectivity index (χ0n) is 16.6. The summed E-state index contributed by atoms with van der Waals surface area (Å²) in [4.78, 5) is 25.6. The van der Waals surface area contributed by atoms with Gasteiger partial charge < -0.3 is 14.5 Å². The second-order valence-corrected chi connectivity index (χ2v) is 7.65. The van der Waals surface area contributed by atoms with Crippen LogP contribution in [0.4, 0.5) is 4.39 Å².